The summed E-state index contributed by atoms with van der Waals surface area (Å²) < 4.78 is 8.99. The van der Waals surface area contributed by atoms with Crippen molar-refractivity contribution in [2.45, 2.75) is 51.0 Å². The lowest BCUT2D eigenvalue weighted by molar-refractivity contribution is -0.665. The molecule has 2 aliphatic carbocycles. The molecule has 4 heteroatoms. The number of aryl methyl sites for hydroxylation is 1. The van der Waals surface area contributed by atoms with Crippen LogP contribution in [-0.4, -0.2) is 7.11 Å². The van der Waals surface area contributed by atoms with E-state index in [0.29, 0.717) is 0 Å². The van der Waals surface area contributed by atoms with E-state index in [9.17, 15) is 0 Å². The van der Waals surface area contributed by atoms with E-state index in [4.69, 9.17) is 4.18 Å². The molecule has 2 nitrogen and oxygen atoms in total. The predicted octanol–water partition coefficient (Wildman–Crippen LogP) is 6.32. The van der Waals surface area contributed by atoms with Gasteiger partial charge in [0.2, 0.25) is 5.52 Å². The average Bonchev–Trinajstić information content (AvgIpc) is 2.98. The summed E-state index contributed by atoms with van der Waals surface area (Å²) in [6, 6.07) is 6.61. The number of allylic oxidation sites excluding steroid dienone is 5. The molecule has 0 saturated heterocycles. The molecule has 2 aromatic rings. The molecule has 0 spiro atoms. The van der Waals surface area contributed by atoms with E-state index in [1.807, 2.05) is 11.3 Å². The molecule has 0 saturated carbocycles. The van der Waals surface area contributed by atoms with Crippen molar-refractivity contribution < 1.29 is 8.75 Å². The Morgan fingerprint density at radius 2 is 2.12 bits per heavy atom. The summed E-state index contributed by atoms with van der Waals surface area (Å²) >= 11 is 3.32. The molecule has 2 aliphatic rings. The van der Waals surface area contributed by atoms with Gasteiger partial charge in [0.1, 0.15) is 11.2 Å². The van der Waals surface area contributed by atoms with Crippen molar-refractivity contribution in [1.29, 1.82) is 0 Å². The first kappa shape index (κ1) is 18.0. The van der Waals surface area contributed by atoms with Gasteiger partial charge in [-0.15, -0.1) is 0 Å². The minimum atomic E-state index is 0.783. The van der Waals surface area contributed by atoms with Gasteiger partial charge in [-0.2, -0.15) is 4.57 Å². The van der Waals surface area contributed by atoms with Crippen LogP contribution in [0.25, 0.3) is 16.3 Å². The molecular weight excluding hydrogens is 358 g/mol. The average molecular weight is 385 g/mol. The lowest BCUT2D eigenvalue weighted by Crippen LogP contribution is -2.33. The summed E-state index contributed by atoms with van der Waals surface area (Å²) in [6.07, 6.45) is 12.4. The Kier molecular flexibility index (Phi) is 5.35. The maximum Gasteiger partial charge on any atom is 0.263 e. The Bertz CT molecular complexity index is 920. The fourth-order valence-electron chi connectivity index (χ4n) is 4.08. The second-order valence-electron chi connectivity index (χ2n) is 7.19. The minimum absolute atomic E-state index is 0.783. The first-order valence-electron chi connectivity index (χ1n) is 9.44. The van der Waals surface area contributed by atoms with Crippen molar-refractivity contribution in [2.75, 3.05) is 7.11 Å². The second-order valence-corrected chi connectivity index (χ2v) is 9.23. The van der Waals surface area contributed by atoms with E-state index in [2.05, 4.69) is 54.8 Å². The van der Waals surface area contributed by atoms with Gasteiger partial charge in [0.15, 0.2) is 0 Å². The lowest BCUT2D eigenvalue weighted by Gasteiger charge is -2.27. The number of aromatic nitrogens is 1. The highest BCUT2D eigenvalue weighted by molar-refractivity contribution is 7.94. The van der Waals surface area contributed by atoms with E-state index >= 15 is 0 Å². The van der Waals surface area contributed by atoms with Gasteiger partial charge >= 0.3 is 0 Å². The van der Waals surface area contributed by atoms with Crippen molar-refractivity contribution >= 4 is 39.7 Å². The van der Waals surface area contributed by atoms with Crippen LogP contribution in [0.15, 0.2) is 52.0 Å². The van der Waals surface area contributed by atoms with Crippen LogP contribution in [-0.2, 0) is 10.7 Å². The van der Waals surface area contributed by atoms with Crippen molar-refractivity contribution in [2.24, 2.45) is 5.92 Å². The smallest absolute Gasteiger partial charge is 0.263 e. The maximum absolute atomic E-state index is 5.22. The molecule has 0 N–H and O–H groups in total. The molecule has 1 aromatic carbocycles. The lowest BCUT2D eigenvalue weighted by atomic mass is 9.78. The molecule has 136 valence electrons. The third-order valence-electron chi connectivity index (χ3n) is 5.41. The van der Waals surface area contributed by atoms with Crippen LogP contribution in [0.5, 0.6) is 0 Å². The Morgan fingerprint density at radius 1 is 1.27 bits per heavy atom. The summed E-state index contributed by atoms with van der Waals surface area (Å²) in [5.74, 6) is 0.783. The number of fused-ring (bicyclic) bond motifs is 2. The largest absolute Gasteiger partial charge is 0.314 e. The molecule has 4 rings (SSSR count). The van der Waals surface area contributed by atoms with E-state index in [1.165, 1.54) is 64.1 Å². The first-order chi connectivity index (χ1) is 12.7. The summed E-state index contributed by atoms with van der Waals surface area (Å²) in [4.78, 5) is 1.16. The fourth-order valence-corrected chi connectivity index (χ4v) is 5.73. The normalized spacial score (nSPS) is 21.7. The number of hydrogen-bond donors (Lipinski definition) is 0. The zero-order chi connectivity index (χ0) is 18.1. The molecule has 0 aliphatic heterocycles. The van der Waals surface area contributed by atoms with Crippen molar-refractivity contribution in [1.82, 2.24) is 0 Å². The number of rotatable bonds is 4. The van der Waals surface area contributed by atoms with E-state index in [0.717, 1.165) is 17.4 Å². The Labute approximate surface area is 164 Å². The van der Waals surface area contributed by atoms with E-state index < -0.39 is 0 Å². The highest BCUT2D eigenvalue weighted by atomic mass is 32.2. The first-order valence-corrected chi connectivity index (χ1v) is 11.0. The number of nitrogens with zero attached hydrogens (tertiary/aromatic N) is 1. The van der Waals surface area contributed by atoms with Gasteiger partial charge in [-0.1, -0.05) is 29.1 Å². The fraction of sp³-hybridized carbons (Fsp3) is 0.409. The van der Waals surface area contributed by atoms with Crippen LogP contribution >= 0.6 is 23.4 Å². The van der Waals surface area contributed by atoms with Crippen molar-refractivity contribution in [3.63, 3.8) is 0 Å². The third kappa shape index (κ3) is 3.55. The van der Waals surface area contributed by atoms with Crippen molar-refractivity contribution in [3.8, 4) is 0 Å². The molecule has 1 unspecified atom stereocenters. The van der Waals surface area contributed by atoms with Crippen molar-refractivity contribution in [3.05, 3.63) is 52.1 Å². The van der Waals surface area contributed by atoms with Gasteiger partial charge in [0.25, 0.3) is 5.01 Å². The molecule has 0 fully saturated rings. The van der Waals surface area contributed by atoms with Gasteiger partial charge in [0.05, 0.1) is 7.11 Å². The Morgan fingerprint density at radius 3 is 2.92 bits per heavy atom. The molecule has 1 atom stereocenters. The third-order valence-corrected chi connectivity index (χ3v) is 7.14. The molecule has 1 heterocycles. The quantitative estimate of drug-likeness (QED) is 0.452. The summed E-state index contributed by atoms with van der Waals surface area (Å²) in [5, 5.41) is 1.35. The molecule has 0 radical (unpaired) electrons. The Hall–Kier alpha value is -1.36. The van der Waals surface area contributed by atoms with Crippen LogP contribution in [0.3, 0.4) is 0 Å². The van der Waals surface area contributed by atoms with Gasteiger partial charge in [-0.05, 0) is 68.7 Å². The summed E-state index contributed by atoms with van der Waals surface area (Å²) in [6.45, 7) is 5.48. The molecule has 0 bridgehead atoms. The molecule has 26 heavy (non-hydrogen) atoms. The predicted molar refractivity (Wildman–Crippen MR) is 112 cm³/mol. The molecular formula is C22H26NOS2+. The number of thiazole rings is 1. The topological polar surface area (TPSA) is 13.1 Å². The highest BCUT2D eigenvalue weighted by Crippen LogP contribution is 2.38. The van der Waals surface area contributed by atoms with Gasteiger partial charge in [-0.25, -0.2) is 0 Å². The number of benzene rings is 1. The van der Waals surface area contributed by atoms with E-state index in [1.54, 1.807) is 12.7 Å². The van der Waals surface area contributed by atoms with Crippen LogP contribution in [0, 0.1) is 5.92 Å². The zero-order valence-corrected chi connectivity index (χ0v) is 17.4. The van der Waals surface area contributed by atoms with Crippen LogP contribution in [0.2, 0.25) is 0 Å². The highest BCUT2D eigenvalue weighted by Gasteiger charge is 2.23. The van der Waals surface area contributed by atoms with Crippen LogP contribution < -0.4 is 4.57 Å². The summed E-state index contributed by atoms with van der Waals surface area (Å²) in [5.41, 5.74) is 5.86. The second kappa shape index (κ2) is 7.71. The van der Waals surface area contributed by atoms with Gasteiger partial charge in [0, 0.05) is 29.1 Å². The van der Waals surface area contributed by atoms with E-state index in [-0.39, 0.29) is 0 Å². The minimum Gasteiger partial charge on any atom is -0.314 e. The van der Waals surface area contributed by atoms with Crippen LogP contribution in [0.4, 0.5) is 0 Å². The number of hydrogen-bond acceptors (Lipinski definition) is 3. The zero-order valence-electron chi connectivity index (χ0n) is 15.7. The van der Waals surface area contributed by atoms with Crippen LogP contribution in [0.1, 0.15) is 44.5 Å². The van der Waals surface area contributed by atoms with Gasteiger partial charge < -0.3 is 4.18 Å². The monoisotopic (exact) mass is 384 g/mol. The molecule has 1 aromatic heterocycles. The maximum atomic E-state index is 5.22. The summed E-state index contributed by atoms with van der Waals surface area (Å²) in [7, 11) is 1.72. The Balaban J connectivity index is 1.73. The van der Waals surface area contributed by atoms with Gasteiger partial charge in [-0.3, -0.25) is 0 Å². The molecule has 0 amide bonds. The standard InChI is InChI=1S/C22H26NOS2/c1-4-23-20-14-19(26-24-3)9-10-21(20)25-22(23)13-16-6-8-17-7-5-15(2)11-18(17)12-16/h9-14,17H,4-8H2,1-3H3/q+1. The SMILES string of the molecule is CC[n+]1c(C=C2C=C3C=C(C)CCC3CC2)sc2ccc(SOC)cc21.